The minimum absolute atomic E-state index is 0.140. The number of aromatic nitrogens is 4. The molecule has 33 heavy (non-hydrogen) atoms. The van der Waals surface area contributed by atoms with Crippen LogP contribution in [-0.2, 0) is 5.92 Å². The Morgan fingerprint density at radius 1 is 1.09 bits per heavy atom. The molecule has 4 rings (SSSR count). The van der Waals surface area contributed by atoms with E-state index in [0.29, 0.717) is 11.5 Å². The predicted molar refractivity (Wildman–Crippen MR) is 123 cm³/mol. The maximum atomic E-state index is 14.0. The summed E-state index contributed by atoms with van der Waals surface area (Å²) in [6, 6.07) is 13.4. The molecule has 0 fully saturated rings. The lowest BCUT2D eigenvalue weighted by Gasteiger charge is -2.15. The van der Waals surface area contributed by atoms with Crippen LogP contribution in [0, 0.1) is 13.8 Å². The first-order valence-corrected chi connectivity index (χ1v) is 10.5. The van der Waals surface area contributed by atoms with Crippen molar-refractivity contribution in [1.82, 2.24) is 19.9 Å². The van der Waals surface area contributed by atoms with Gasteiger partial charge in [0.25, 0.3) is 11.8 Å². The molecule has 0 aliphatic rings. The second-order valence-corrected chi connectivity index (χ2v) is 7.79. The third-order valence-corrected chi connectivity index (χ3v) is 5.39. The number of hydrogen-bond donors (Lipinski definition) is 2. The molecule has 0 atom stereocenters. The van der Waals surface area contributed by atoms with Crippen molar-refractivity contribution >= 4 is 11.6 Å². The normalized spacial score (nSPS) is 11.4. The number of rotatable bonds is 6. The van der Waals surface area contributed by atoms with Crippen molar-refractivity contribution in [2.24, 2.45) is 0 Å². The SMILES string of the molecule is CCC(F)(F)c1cccc(NC(=O)c2nc(-c3cccc(-c4ncncc4C)c3)[nH]c2C)c1. The molecule has 2 N–H and O–H groups in total. The first kappa shape index (κ1) is 22.3. The van der Waals surface area contributed by atoms with Crippen LogP contribution in [0.2, 0.25) is 0 Å². The summed E-state index contributed by atoms with van der Waals surface area (Å²) in [7, 11) is 0. The molecule has 4 aromatic rings. The van der Waals surface area contributed by atoms with Crippen LogP contribution in [0.25, 0.3) is 22.6 Å². The quantitative estimate of drug-likeness (QED) is 0.385. The molecule has 0 radical (unpaired) electrons. The molecule has 6 nitrogen and oxygen atoms in total. The topological polar surface area (TPSA) is 83.6 Å². The van der Waals surface area contributed by atoms with E-state index < -0.39 is 11.8 Å². The molecule has 1 amide bonds. The van der Waals surface area contributed by atoms with Crippen LogP contribution < -0.4 is 5.32 Å². The van der Waals surface area contributed by atoms with Gasteiger partial charge in [-0.2, -0.15) is 0 Å². The number of hydrogen-bond acceptors (Lipinski definition) is 4. The summed E-state index contributed by atoms with van der Waals surface area (Å²) < 4.78 is 28.0. The number of nitrogens with one attached hydrogen (secondary N) is 2. The molecule has 2 aromatic heterocycles. The molecular weight excluding hydrogens is 424 g/mol. The van der Waals surface area contributed by atoms with Crippen LogP contribution in [0.1, 0.15) is 40.7 Å². The van der Waals surface area contributed by atoms with Crippen molar-refractivity contribution in [2.45, 2.75) is 33.1 Å². The van der Waals surface area contributed by atoms with Gasteiger partial charge in [0.05, 0.1) is 5.69 Å². The largest absolute Gasteiger partial charge is 0.341 e. The Kier molecular flexibility index (Phi) is 6.00. The van der Waals surface area contributed by atoms with E-state index in [1.807, 2.05) is 31.2 Å². The molecule has 0 saturated heterocycles. The summed E-state index contributed by atoms with van der Waals surface area (Å²) in [5.41, 5.74) is 4.37. The first-order valence-electron chi connectivity index (χ1n) is 10.5. The Morgan fingerprint density at radius 2 is 1.85 bits per heavy atom. The Labute approximate surface area is 190 Å². The fourth-order valence-corrected chi connectivity index (χ4v) is 3.55. The highest BCUT2D eigenvalue weighted by atomic mass is 19.3. The Balaban J connectivity index is 1.60. The number of carbonyl (C=O) groups excluding carboxylic acids is 1. The molecule has 168 valence electrons. The molecule has 2 heterocycles. The number of H-pyrrole nitrogens is 1. The van der Waals surface area contributed by atoms with Gasteiger partial charge >= 0.3 is 0 Å². The highest BCUT2D eigenvalue weighted by Crippen LogP contribution is 2.32. The van der Waals surface area contributed by atoms with E-state index in [-0.39, 0.29) is 23.4 Å². The van der Waals surface area contributed by atoms with Gasteiger partial charge in [-0.05, 0) is 37.6 Å². The summed E-state index contributed by atoms with van der Waals surface area (Å²) in [6.07, 6.45) is 2.93. The Hall–Kier alpha value is -3.94. The number of amides is 1. The lowest BCUT2D eigenvalue weighted by molar-refractivity contribution is -0.00824. The average Bonchev–Trinajstić information content (AvgIpc) is 3.21. The molecule has 8 heteroatoms. The number of aromatic amines is 1. The highest BCUT2D eigenvalue weighted by Gasteiger charge is 2.29. The van der Waals surface area contributed by atoms with Gasteiger partial charge in [-0.1, -0.05) is 37.3 Å². The second kappa shape index (κ2) is 8.90. The molecule has 0 aliphatic carbocycles. The number of imidazole rings is 1. The maximum absolute atomic E-state index is 14.0. The number of aryl methyl sites for hydroxylation is 2. The summed E-state index contributed by atoms with van der Waals surface area (Å²) in [6.45, 7) is 5.10. The number of anilines is 1. The molecule has 2 aromatic carbocycles. The van der Waals surface area contributed by atoms with Gasteiger partial charge < -0.3 is 10.3 Å². The zero-order valence-electron chi connectivity index (χ0n) is 18.5. The predicted octanol–water partition coefficient (Wildman–Crippen LogP) is 5.90. The van der Waals surface area contributed by atoms with E-state index in [1.165, 1.54) is 31.5 Å². The van der Waals surface area contributed by atoms with E-state index in [9.17, 15) is 13.6 Å². The van der Waals surface area contributed by atoms with E-state index in [2.05, 4.69) is 25.3 Å². The maximum Gasteiger partial charge on any atom is 0.276 e. The van der Waals surface area contributed by atoms with Crippen molar-refractivity contribution < 1.29 is 13.6 Å². The fraction of sp³-hybridized carbons (Fsp3) is 0.200. The lowest BCUT2D eigenvalue weighted by atomic mass is 10.0. The van der Waals surface area contributed by atoms with Crippen molar-refractivity contribution in [3.63, 3.8) is 0 Å². The van der Waals surface area contributed by atoms with Crippen LogP contribution in [0.3, 0.4) is 0 Å². The second-order valence-electron chi connectivity index (χ2n) is 7.79. The lowest BCUT2D eigenvalue weighted by Crippen LogP contribution is -2.15. The van der Waals surface area contributed by atoms with Crippen LogP contribution >= 0.6 is 0 Å². The van der Waals surface area contributed by atoms with Gasteiger partial charge in [0.15, 0.2) is 0 Å². The third kappa shape index (κ3) is 4.64. The molecule has 0 spiro atoms. The van der Waals surface area contributed by atoms with Crippen LogP contribution in [0.5, 0.6) is 0 Å². The summed E-state index contributed by atoms with van der Waals surface area (Å²) in [5, 5.41) is 2.67. The van der Waals surface area contributed by atoms with Crippen LogP contribution in [0.4, 0.5) is 14.5 Å². The molecular formula is C25H23F2N5O. The van der Waals surface area contributed by atoms with Gasteiger partial charge in [-0.15, -0.1) is 0 Å². The summed E-state index contributed by atoms with van der Waals surface area (Å²) in [5.74, 6) is -2.91. The highest BCUT2D eigenvalue weighted by molar-refractivity contribution is 6.04. The van der Waals surface area contributed by atoms with E-state index in [1.54, 1.807) is 19.2 Å². The van der Waals surface area contributed by atoms with E-state index in [4.69, 9.17) is 0 Å². The van der Waals surface area contributed by atoms with Crippen LogP contribution in [-0.4, -0.2) is 25.8 Å². The minimum Gasteiger partial charge on any atom is -0.341 e. The number of alkyl halides is 2. The first-order chi connectivity index (χ1) is 15.8. The monoisotopic (exact) mass is 447 g/mol. The van der Waals surface area contributed by atoms with Crippen LogP contribution in [0.15, 0.2) is 61.1 Å². The van der Waals surface area contributed by atoms with E-state index >= 15 is 0 Å². The number of carbonyl (C=O) groups is 1. The Bertz CT molecular complexity index is 1320. The number of halogens is 2. The van der Waals surface area contributed by atoms with Gasteiger partial charge in [-0.3, -0.25) is 4.79 Å². The Morgan fingerprint density at radius 3 is 2.61 bits per heavy atom. The molecule has 0 aliphatic heterocycles. The van der Waals surface area contributed by atoms with E-state index in [0.717, 1.165) is 22.4 Å². The zero-order valence-corrected chi connectivity index (χ0v) is 18.5. The number of benzene rings is 2. The fourth-order valence-electron chi connectivity index (χ4n) is 3.55. The van der Waals surface area contributed by atoms with Gasteiger partial charge in [0.1, 0.15) is 17.8 Å². The van der Waals surface area contributed by atoms with Crippen molar-refractivity contribution in [3.05, 3.63) is 83.6 Å². The van der Waals surface area contributed by atoms with Gasteiger partial charge in [0.2, 0.25) is 0 Å². The number of nitrogens with zero attached hydrogens (tertiary/aromatic N) is 3. The third-order valence-electron chi connectivity index (χ3n) is 5.39. The molecule has 0 unspecified atom stereocenters. The van der Waals surface area contributed by atoms with Crippen molar-refractivity contribution in [1.29, 1.82) is 0 Å². The minimum atomic E-state index is -2.96. The van der Waals surface area contributed by atoms with Gasteiger partial charge in [-0.25, -0.2) is 23.7 Å². The summed E-state index contributed by atoms with van der Waals surface area (Å²) >= 11 is 0. The summed E-state index contributed by atoms with van der Waals surface area (Å²) in [4.78, 5) is 28.8. The van der Waals surface area contributed by atoms with Crippen molar-refractivity contribution in [2.75, 3.05) is 5.32 Å². The molecule has 0 bridgehead atoms. The van der Waals surface area contributed by atoms with Gasteiger partial charge in [0, 0.05) is 40.7 Å². The molecule has 0 saturated carbocycles. The average molecular weight is 447 g/mol. The van der Waals surface area contributed by atoms with Crippen molar-refractivity contribution in [3.8, 4) is 22.6 Å². The smallest absolute Gasteiger partial charge is 0.276 e. The zero-order chi connectivity index (χ0) is 23.6. The standard InChI is InChI=1S/C25H23F2N5O/c1-4-25(26,27)19-9-6-10-20(12-19)31-24(33)22-16(3)30-23(32-22)18-8-5-7-17(11-18)21-15(2)13-28-14-29-21/h5-14H,4H2,1-3H3,(H,30,32)(H,31,33).